The molecule has 0 aromatic heterocycles. The number of nitrogens with two attached hydrogens (primary N) is 1. The van der Waals surface area contributed by atoms with Gasteiger partial charge in [0, 0.05) is 6.42 Å². The van der Waals surface area contributed by atoms with Crippen molar-refractivity contribution in [3.05, 3.63) is 0 Å². The molecule has 2 nitrogen and oxygen atoms in total. The molecule has 0 radical (unpaired) electrons. The summed E-state index contributed by atoms with van der Waals surface area (Å²) in [6.45, 7) is 6.89. The molecule has 0 heterocycles. The average molecular weight is 197 g/mol. The molecule has 2 atom stereocenters. The minimum absolute atomic E-state index is 0.135. The first-order valence-electron chi connectivity index (χ1n) is 5.68. The molecule has 0 saturated heterocycles. The van der Waals surface area contributed by atoms with Gasteiger partial charge in [0.25, 0.3) is 0 Å². The molecule has 1 aliphatic carbocycles. The van der Waals surface area contributed by atoms with E-state index in [0.717, 1.165) is 5.92 Å². The molecule has 1 saturated carbocycles. The van der Waals surface area contributed by atoms with Gasteiger partial charge < -0.3 is 5.73 Å². The van der Waals surface area contributed by atoms with Gasteiger partial charge in [-0.05, 0) is 36.5 Å². The van der Waals surface area contributed by atoms with E-state index < -0.39 is 0 Å². The van der Waals surface area contributed by atoms with Crippen LogP contribution in [0.4, 0.5) is 0 Å². The highest BCUT2D eigenvalue weighted by atomic mass is 16.1. The second kappa shape index (κ2) is 4.33. The normalized spacial score (nSPS) is 28.8. The summed E-state index contributed by atoms with van der Waals surface area (Å²) in [5.41, 5.74) is 5.62. The molecular formula is C12H23NO. The first-order chi connectivity index (χ1) is 6.39. The highest BCUT2D eigenvalue weighted by Gasteiger charge is 2.30. The number of hydrogen-bond acceptors (Lipinski definition) is 1. The van der Waals surface area contributed by atoms with E-state index in [2.05, 4.69) is 20.8 Å². The summed E-state index contributed by atoms with van der Waals surface area (Å²) >= 11 is 0. The number of rotatable bonds is 2. The van der Waals surface area contributed by atoms with Crippen molar-refractivity contribution in [2.45, 2.75) is 52.9 Å². The Hall–Kier alpha value is -0.530. The molecule has 2 unspecified atom stereocenters. The molecule has 2 heteroatoms. The van der Waals surface area contributed by atoms with Crippen LogP contribution >= 0.6 is 0 Å². The number of carbonyl (C=O) groups is 1. The maximum atomic E-state index is 10.8. The number of carbonyl (C=O) groups excluding carboxylic acids is 1. The minimum atomic E-state index is -0.135. The minimum Gasteiger partial charge on any atom is -0.370 e. The second-order valence-electron chi connectivity index (χ2n) is 5.77. The van der Waals surface area contributed by atoms with Crippen LogP contribution in [0.2, 0.25) is 0 Å². The molecular weight excluding hydrogens is 174 g/mol. The molecule has 2 N–H and O–H groups in total. The predicted octanol–water partition coefficient (Wildman–Crippen LogP) is 2.71. The van der Waals surface area contributed by atoms with Gasteiger partial charge in [0.15, 0.2) is 0 Å². The molecule has 0 spiro atoms. The average Bonchev–Trinajstić information content (AvgIpc) is 2.01. The number of hydrogen-bond donors (Lipinski definition) is 1. The number of amides is 1. The van der Waals surface area contributed by atoms with Crippen molar-refractivity contribution in [2.75, 3.05) is 0 Å². The van der Waals surface area contributed by atoms with E-state index in [1.165, 1.54) is 25.7 Å². The highest BCUT2D eigenvalue weighted by Crippen LogP contribution is 2.40. The molecule has 0 bridgehead atoms. The maximum Gasteiger partial charge on any atom is 0.217 e. The van der Waals surface area contributed by atoms with Crippen molar-refractivity contribution < 1.29 is 4.79 Å². The molecule has 1 fully saturated rings. The Morgan fingerprint density at radius 1 is 1.36 bits per heavy atom. The molecule has 1 amide bonds. The van der Waals surface area contributed by atoms with Crippen LogP contribution in [-0.4, -0.2) is 5.91 Å². The molecule has 0 aromatic rings. The zero-order chi connectivity index (χ0) is 10.8. The first-order valence-corrected chi connectivity index (χ1v) is 5.68. The van der Waals surface area contributed by atoms with Crippen molar-refractivity contribution in [3.63, 3.8) is 0 Å². The van der Waals surface area contributed by atoms with Crippen molar-refractivity contribution in [2.24, 2.45) is 23.0 Å². The zero-order valence-electron chi connectivity index (χ0n) is 9.68. The fourth-order valence-corrected chi connectivity index (χ4v) is 2.55. The van der Waals surface area contributed by atoms with Gasteiger partial charge in [0.1, 0.15) is 0 Å². The van der Waals surface area contributed by atoms with Gasteiger partial charge in [0.2, 0.25) is 5.91 Å². The van der Waals surface area contributed by atoms with Crippen LogP contribution in [0.5, 0.6) is 0 Å². The first kappa shape index (κ1) is 11.5. The Balaban J connectivity index is 2.48. The molecule has 1 aliphatic rings. The smallest absolute Gasteiger partial charge is 0.217 e. The maximum absolute atomic E-state index is 10.8. The third-order valence-corrected chi connectivity index (χ3v) is 3.50. The van der Waals surface area contributed by atoms with E-state index in [-0.39, 0.29) is 5.91 Å². The summed E-state index contributed by atoms with van der Waals surface area (Å²) < 4.78 is 0. The van der Waals surface area contributed by atoms with Crippen LogP contribution in [0.1, 0.15) is 52.9 Å². The molecule has 0 aromatic carbocycles. The second-order valence-corrected chi connectivity index (χ2v) is 5.77. The third-order valence-electron chi connectivity index (χ3n) is 3.50. The zero-order valence-corrected chi connectivity index (χ0v) is 9.68. The lowest BCUT2D eigenvalue weighted by molar-refractivity contribution is -0.119. The predicted molar refractivity (Wildman–Crippen MR) is 58.7 cm³/mol. The van der Waals surface area contributed by atoms with Crippen molar-refractivity contribution >= 4 is 5.91 Å². The van der Waals surface area contributed by atoms with Crippen LogP contribution < -0.4 is 5.73 Å². The van der Waals surface area contributed by atoms with E-state index in [1.807, 2.05) is 0 Å². The number of primary amides is 1. The fourth-order valence-electron chi connectivity index (χ4n) is 2.55. The Bertz CT molecular complexity index is 205. The van der Waals surface area contributed by atoms with Gasteiger partial charge in [-0.2, -0.15) is 0 Å². The quantitative estimate of drug-likeness (QED) is 0.726. The summed E-state index contributed by atoms with van der Waals surface area (Å²) in [6.07, 6.45) is 5.55. The van der Waals surface area contributed by atoms with Gasteiger partial charge in [-0.3, -0.25) is 4.79 Å². The Morgan fingerprint density at radius 2 is 2.00 bits per heavy atom. The third kappa shape index (κ3) is 3.32. The van der Waals surface area contributed by atoms with Gasteiger partial charge >= 0.3 is 0 Å². The Kier molecular flexibility index (Phi) is 3.57. The van der Waals surface area contributed by atoms with Gasteiger partial charge in [-0.1, -0.05) is 27.2 Å². The van der Waals surface area contributed by atoms with Crippen LogP contribution in [0.15, 0.2) is 0 Å². The topological polar surface area (TPSA) is 43.1 Å². The van der Waals surface area contributed by atoms with Crippen LogP contribution in [0, 0.1) is 17.3 Å². The monoisotopic (exact) mass is 197 g/mol. The van der Waals surface area contributed by atoms with E-state index in [1.54, 1.807) is 0 Å². The van der Waals surface area contributed by atoms with Crippen molar-refractivity contribution in [1.82, 2.24) is 0 Å². The van der Waals surface area contributed by atoms with Crippen LogP contribution in [0.25, 0.3) is 0 Å². The highest BCUT2D eigenvalue weighted by molar-refractivity contribution is 5.73. The van der Waals surface area contributed by atoms with E-state index in [4.69, 9.17) is 5.73 Å². The van der Waals surface area contributed by atoms with Gasteiger partial charge in [-0.15, -0.1) is 0 Å². The standard InChI is InChI=1S/C12H23NO/c1-12(2,3)10-6-4-5-9(7-10)8-11(13)14/h9-10H,4-8H2,1-3H3,(H2,13,14). The Morgan fingerprint density at radius 3 is 2.50 bits per heavy atom. The van der Waals surface area contributed by atoms with E-state index in [9.17, 15) is 4.79 Å². The Labute approximate surface area is 87.2 Å². The van der Waals surface area contributed by atoms with Gasteiger partial charge in [-0.25, -0.2) is 0 Å². The summed E-state index contributed by atoms with van der Waals surface area (Å²) in [6, 6.07) is 0. The SMILES string of the molecule is CC(C)(C)C1CCCC(CC(N)=O)C1. The molecule has 0 aliphatic heterocycles. The summed E-state index contributed by atoms with van der Waals surface area (Å²) in [5, 5.41) is 0. The van der Waals surface area contributed by atoms with Crippen molar-refractivity contribution in [3.8, 4) is 0 Å². The summed E-state index contributed by atoms with van der Waals surface area (Å²) in [4.78, 5) is 10.8. The van der Waals surface area contributed by atoms with E-state index in [0.29, 0.717) is 17.8 Å². The van der Waals surface area contributed by atoms with Crippen molar-refractivity contribution in [1.29, 1.82) is 0 Å². The molecule has 82 valence electrons. The van der Waals surface area contributed by atoms with Crippen LogP contribution in [-0.2, 0) is 4.79 Å². The largest absolute Gasteiger partial charge is 0.370 e. The lowest BCUT2D eigenvalue weighted by Gasteiger charge is -2.37. The summed E-state index contributed by atoms with van der Waals surface area (Å²) in [7, 11) is 0. The molecule has 1 rings (SSSR count). The lowest BCUT2D eigenvalue weighted by Crippen LogP contribution is -2.29. The summed E-state index contributed by atoms with van der Waals surface area (Å²) in [5.74, 6) is 1.18. The molecule has 14 heavy (non-hydrogen) atoms. The van der Waals surface area contributed by atoms with E-state index >= 15 is 0 Å². The van der Waals surface area contributed by atoms with Crippen LogP contribution in [0.3, 0.4) is 0 Å². The van der Waals surface area contributed by atoms with Gasteiger partial charge in [0.05, 0.1) is 0 Å². The fraction of sp³-hybridized carbons (Fsp3) is 0.917. The lowest BCUT2D eigenvalue weighted by atomic mass is 9.68.